The van der Waals surface area contributed by atoms with Gasteiger partial charge in [0.2, 0.25) is 0 Å². The second kappa shape index (κ2) is 4.45. The lowest BCUT2D eigenvalue weighted by Crippen LogP contribution is -2.39. The number of piperidine rings is 1. The van der Waals surface area contributed by atoms with Gasteiger partial charge in [0.25, 0.3) is 5.92 Å². The summed E-state index contributed by atoms with van der Waals surface area (Å²) in [5.74, 6) is -2.57. The van der Waals surface area contributed by atoms with Gasteiger partial charge in [0.05, 0.1) is 11.6 Å². The van der Waals surface area contributed by atoms with Gasteiger partial charge < -0.3 is 10.6 Å². The van der Waals surface area contributed by atoms with Crippen molar-refractivity contribution in [2.45, 2.75) is 25.7 Å². The molecule has 0 atom stereocenters. The number of hydrogen-bond acceptors (Lipinski definition) is 3. The van der Waals surface area contributed by atoms with Crippen LogP contribution in [0.1, 0.15) is 24.0 Å². The molecule has 1 fully saturated rings. The molecule has 0 aromatic heterocycles. The molecule has 1 saturated heterocycles. The number of hydrogen-bond donors (Lipinski definition) is 1. The number of rotatable bonds is 1. The molecule has 0 amide bonds. The van der Waals surface area contributed by atoms with Crippen LogP contribution in [-0.2, 0) is 0 Å². The summed E-state index contributed by atoms with van der Waals surface area (Å²) < 4.78 is 26.2. The van der Waals surface area contributed by atoms with Crippen molar-refractivity contribution in [3.63, 3.8) is 0 Å². The summed E-state index contributed by atoms with van der Waals surface area (Å²) in [6, 6.07) is 5.44. The van der Waals surface area contributed by atoms with Gasteiger partial charge in [-0.05, 0) is 24.6 Å². The zero-order valence-electron chi connectivity index (χ0n) is 10.2. The number of anilines is 2. The molecule has 2 N–H and O–H groups in total. The van der Waals surface area contributed by atoms with Crippen molar-refractivity contribution in [2.75, 3.05) is 23.7 Å². The summed E-state index contributed by atoms with van der Waals surface area (Å²) >= 11 is 0. The normalized spacial score (nSPS) is 18.4. The lowest BCUT2D eigenvalue weighted by Gasteiger charge is -2.34. The Morgan fingerprint density at radius 1 is 1.33 bits per heavy atom. The van der Waals surface area contributed by atoms with E-state index in [9.17, 15) is 8.78 Å². The summed E-state index contributed by atoms with van der Waals surface area (Å²) in [6.07, 6.45) is -0.299. The molecule has 1 aromatic rings. The fourth-order valence-corrected chi connectivity index (χ4v) is 2.24. The molecule has 1 heterocycles. The predicted molar refractivity (Wildman–Crippen MR) is 66.7 cm³/mol. The quantitative estimate of drug-likeness (QED) is 0.781. The maximum atomic E-state index is 13.1. The highest BCUT2D eigenvalue weighted by Crippen LogP contribution is 2.33. The lowest BCUT2D eigenvalue weighted by molar-refractivity contribution is -0.0220. The molecule has 18 heavy (non-hydrogen) atoms. The SMILES string of the molecule is Cc1c(C#N)cc(N)cc1N1CCC(F)(F)CC1. The van der Waals surface area contributed by atoms with Gasteiger partial charge in [-0.15, -0.1) is 0 Å². The minimum atomic E-state index is -2.57. The number of benzene rings is 1. The Balaban J connectivity index is 2.30. The number of nitrogens with two attached hydrogens (primary N) is 1. The van der Waals surface area contributed by atoms with Gasteiger partial charge in [-0.25, -0.2) is 8.78 Å². The zero-order chi connectivity index (χ0) is 13.3. The van der Waals surface area contributed by atoms with Gasteiger partial charge in [-0.2, -0.15) is 5.26 Å². The van der Waals surface area contributed by atoms with E-state index in [1.54, 1.807) is 12.1 Å². The molecule has 1 aliphatic rings. The zero-order valence-corrected chi connectivity index (χ0v) is 10.2. The second-order valence-electron chi connectivity index (χ2n) is 4.67. The number of halogens is 2. The van der Waals surface area contributed by atoms with E-state index in [2.05, 4.69) is 6.07 Å². The molecule has 96 valence electrons. The standard InChI is InChI=1S/C13H15F2N3/c1-9-10(8-16)6-11(17)7-12(9)18-4-2-13(14,15)3-5-18/h6-7H,2-5,17H2,1H3. The highest BCUT2D eigenvalue weighted by Gasteiger charge is 2.34. The fraction of sp³-hybridized carbons (Fsp3) is 0.462. The first-order chi connectivity index (χ1) is 8.43. The Morgan fingerprint density at radius 3 is 2.50 bits per heavy atom. The number of nitrogens with zero attached hydrogens (tertiary/aromatic N) is 2. The molecule has 0 bridgehead atoms. The molecule has 1 aliphatic heterocycles. The van der Waals surface area contributed by atoms with Crippen LogP contribution < -0.4 is 10.6 Å². The van der Waals surface area contributed by atoms with Gasteiger partial charge >= 0.3 is 0 Å². The number of alkyl halides is 2. The Hall–Kier alpha value is -1.83. The molecule has 1 aromatic carbocycles. The second-order valence-corrected chi connectivity index (χ2v) is 4.67. The van der Waals surface area contributed by atoms with Crippen molar-refractivity contribution in [2.24, 2.45) is 0 Å². The van der Waals surface area contributed by atoms with Crippen molar-refractivity contribution in [1.82, 2.24) is 0 Å². The predicted octanol–water partition coefficient (Wildman–Crippen LogP) is 2.68. The third-order valence-electron chi connectivity index (χ3n) is 3.36. The van der Waals surface area contributed by atoms with Crippen molar-refractivity contribution >= 4 is 11.4 Å². The van der Waals surface area contributed by atoms with Gasteiger partial charge in [0.1, 0.15) is 0 Å². The topological polar surface area (TPSA) is 53.1 Å². The summed E-state index contributed by atoms with van der Waals surface area (Å²) in [6.45, 7) is 2.41. The first-order valence-corrected chi connectivity index (χ1v) is 5.86. The molecule has 0 radical (unpaired) electrons. The van der Waals surface area contributed by atoms with Crippen LogP contribution in [0.5, 0.6) is 0 Å². The molecule has 0 unspecified atom stereocenters. The maximum Gasteiger partial charge on any atom is 0.251 e. The summed E-state index contributed by atoms with van der Waals surface area (Å²) in [5.41, 5.74) is 8.33. The summed E-state index contributed by atoms with van der Waals surface area (Å²) in [5, 5.41) is 9.00. The molecule has 0 spiro atoms. The van der Waals surface area contributed by atoms with Gasteiger partial charge in [0.15, 0.2) is 0 Å². The Labute approximate surface area is 105 Å². The van der Waals surface area contributed by atoms with E-state index in [1.165, 1.54) is 0 Å². The summed E-state index contributed by atoms with van der Waals surface area (Å²) in [7, 11) is 0. The monoisotopic (exact) mass is 251 g/mol. The van der Waals surface area contributed by atoms with E-state index >= 15 is 0 Å². The summed E-state index contributed by atoms with van der Waals surface area (Å²) in [4.78, 5) is 1.88. The van der Waals surface area contributed by atoms with Crippen LogP contribution in [0, 0.1) is 18.3 Å². The van der Waals surface area contributed by atoms with Crippen LogP contribution in [0.4, 0.5) is 20.2 Å². The first kappa shape index (κ1) is 12.6. The van der Waals surface area contributed by atoms with Crippen LogP contribution in [0.15, 0.2) is 12.1 Å². The third-order valence-corrected chi connectivity index (χ3v) is 3.36. The van der Waals surface area contributed by atoms with E-state index in [4.69, 9.17) is 11.0 Å². The third kappa shape index (κ3) is 2.37. The van der Waals surface area contributed by atoms with Gasteiger partial charge in [-0.3, -0.25) is 0 Å². The lowest BCUT2D eigenvalue weighted by atomic mass is 10.0. The molecule has 3 nitrogen and oxygen atoms in total. The fourth-order valence-electron chi connectivity index (χ4n) is 2.24. The first-order valence-electron chi connectivity index (χ1n) is 5.86. The Morgan fingerprint density at radius 2 is 1.94 bits per heavy atom. The van der Waals surface area contributed by atoms with Crippen LogP contribution in [0.25, 0.3) is 0 Å². The van der Waals surface area contributed by atoms with Crippen molar-refractivity contribution < 1.29 is 8.78 Å². The molecule has 0 saturated carbocycles. The highest BCUT2D eigenvalue weighted by atomic mass is 19.3. The van der Waals surface area contributed by atoms with Crippen LogP contribution in [0.3, 0.4) is 0 Å². The highest BCUT2D eigenvalue weighted by molar-refractivity contribution is 5.66. The van der Waals surface area contributed by atoms with E-state index in [-0.39, 0.29) is 12.8 Å². The van der Waals surface area contributed by atoms with E-state index in [0.717, 1.165) is 11.3 Å². The van der Waals surface area contributed by atoms with E-state index in [0.29, 0.717) is 24.3 Å². The Bertz CT molecular complexity index is 496. The minimum Gasteiger partial charge on any atom is -0.399 e. The largest absolute Gasteiger partial charge is 0.399 e. The van der Waals surface area contributed by atoms with Crippen molar-refractivity contribution in [3.05, 3.63) is 23.3 Å². The van der Waals surface area contributed by atoms with Gasteiger partial charge in [-0.1, -0.05) is 0 Å². The van der Waals surface area contributed by atoms with Crippen LogP contribution in [-0.4, -0.2) is 19.0 Å². The average molecular weight is 251 g/mol. The van der Waals surface area contributed by atoms with Crippen molar-refractivity contribution in [3.8, 4) is 6.07 Å². The maximum absolute atomic E-state index is 13.1. The molecular weight excluding hydrogens is 236 g/mol. The van der Waals surface area contributed by atoms with Crippen LogP contribution in [0.2, 0.25) is 0 Å². The van der Waals surface area contributed by atoms with E-state index < -0.39 is 5.92 Å². The van der Waals surface area contributed by atoms with Crippen molar-refractivity contribution in [1.29, 1.82) is 5.26 Å². The number of nitriles is 1. The number of nitrogen functional groups attached to an aromatic ring is 1. The van der Waals surface area contributed by atoms with Crippen LogP contribution >= 0.6 is 0 Å². The smallest absolute Gasteiger partial charge is 0.251 e. The molecule has 2 rings (SSSR count). The molecule has 0 aliphatic carbocycles. The Kier molecular flexibility index (Phi) is 3.12. The average Bonchev–Trinajstić information content (AvgIpc) is 2.32. The minimum absolute atomic E-state index is 0.150. The molecular formula is C13H15F2N3. The van der Waals surface area contributed by atoms with Gasteiger partial charge in [0, 0.05) is 37.3 Å². The molecule has 5 heteroatoms. The van der Waals surface area contributed by atoms with E-state index in [1.807, 2.05) is 11.8 Å².